The molecule has 7 nitrogen and oxygen atoms in total. The third kappa shape index (κ3) is 2.03. The van der Waals surface area contributed by atoms with Crippen LogP contribution < -0.4 is 11.5 Å². The zero-order chi connectivity index (χ0) is 16.0. The average Bonchev–Trinajstić information content (AvgIpc) is 2.43. The molecular weight excluding hydrogens is 286 g/mol. The van der Waals surface area contributed by atoms with Crippen molar-refractivity contribution in [2.75, 3.05) is 18.0 Å². The lowest BCUT2D eigenvalue weighted by molar-refractivity contribution is -0.137. The molecule has 5 N–H and O–H groups in total. The van der Waals surface area contributed by atoms with Crippen LogP contribution in [0.1, 0.15) is 27.1 Å². The Balaban J connectivity index is 2.22. The number of hydrogen-bond acceptors (Lipinski definition) is 5. The van der Waals surface area contributed by atoms with Gasteiger partial charge < -0.3 is 16.6 Å². The summed E-state index contributed by atoms with van der Waals surface area (Å²) in [5.74, 6) is -2.17. The Morgan fingerprint density at radius 1 is 1.00 bits per heavy atom. The summed E-state index contributed by atoms with van der Waals surface area (Å²) in [6.45, 7) is -0.197. The molecule has 0 aromatic heterocycles. The van der Waals surface area contributed by atoms with E-state index in [0.717, 1.165) is 4.90 Å². The Morgan fingerprint density at radius 3 is 1.95 bits per heavy atom. The number of amides is 2. The van der Waals surface area contributed by atoms with Crippen LogP contribution in [0.25, 0.3) is 10.8 Å². The Kier molecular flexibility index (Phi) is 2.98. The van der Waals surface area contributed by atoms with E-state index < -0.39 is 17.8 Å². The van der Waals surface area contributed by atoms with Crippen molar-refractivity contribution in [2.45, 2.75) is 6.42 Å². The van der Waals surface area contributed by atoms with E-state index in [1.54, 1.807) is 12.1 Å². The number of carboxylic acids is 1. The predicted molar refractivity (Wildman–Crippen MR) is 80.4 cm³/mol. The van der Waals surface area contributed by atoms with Crippen LogP contribution in [0.3, 0.4) is 0 Å². The summed E-state index contributed by atoms with van der Waals surface area (Å²) >= 11 is 0. The SMILES string of the molecule is Nc1cc2c3c(cc(N)cc3c1)C(=O)N(CCC(=O)O)C2=O. The standard InChI is InChI=1S/C15H13N3O4/c16-8-3-7-4-9(17)6-11-13(7)10(5-8)14(21)18(15(11)22)2-1-12(19)20/h3-6H,1-2,16-17H2,(H,19,20). The largest absolute Gasteiger partial charge is 0.481 e. The van der Waals surface area contributed by atoms with E-state index in [1.807, 2.05) is 0 Å². The van der Waals surface area contributed by atoms with Gasteiger partial charge in [-0.05, 0) is 29.7 Å². The molecule has 3 rings (SSSR count). The van der Waals surface area contributed by atoms with E-state index in [9.17, 15) is 14.4 Å². The first kappa shape index (κ1) is 13.9. The van der Waals surface area contributed by atoms with E-state index in [0.29, 0.717) is 22.1 Å². The topological polar surface area (TPSA) is 127 Å². The molecule has 112 valence electrons. The van der Waals surface area contributed by atoms with E-state index in [2.05, 4.69) is 0 Å². The Labute approximate surface area is 125 Å². The van der Waals surface area contributed by atoms with Crippen LogP contribution in [0.2, 0.25) is 0 Å². The number of carbonyl (C=O) groups is 3. The normalized spacial score (nSPS) is 13.7. The van der Waals surface area contributed by atoms with Gasteiger partial charge in [0.25, 0.3) is 11.8 Å². The van der Waals surface area contributed by atoms with Crippen molar-refractivity contribution in [1.29, 1.82) is 0 Å². The van der Waals surface area contributed by atoms with Crippen LogP contribution >= 0.6 is 0 Å². The lowest BCUT2D eigenvalue weighted by atomic mass is 9.92. The fourth-order valence-electron chi connectivity index (χ4n) is 2.69. The highest BCUT2D eigenvalue weighted by molar-refractivity contribution is 6.26. The molecule has 2 aromatic carbocycles. The Hall–Kier alpha value is -3.09. The molecule has 0 spiro atoms. The smallest absolute Gasteiger partial charge is 0.305 e. The molecule has 1 heterocycles. The molecule has 0 fully saturated rings. The number of aliphatic carboxylic acids is 1. The number of benzene rings is 2. The van der Waals surface area contributed by atoms with Crippen molar-refractivity contribution in [1.82, 2.24) is 4.90 Å². The highest BCUT2D eigenvalue weighted by atomic mass is 16.4. The lowest BCUT2D eigenvalue weighted by Crippen LogP contribution is -2.41. The van der Waals surface area contributed by atoms with Gasteiger partial charge in [-0.2, -0.15) is 0 Å². The van der Waals surface area contributed by atoms with E-state index in [-0.39, 0.29) is 24.1 Å². The molecule has 0 aliphatic carbocycles. The second-order valence-electron chi connectivity index (χ2n) is 5.14. The van der Waals surface area contributed by atoms with Gasteiger partial charge in [-0.3, -0.25) is 19.3 Å². The number of carbonyl (C=O) groups excluding carboxylic acids is 2. The fraction of sp³-hybridized carbons (Fsp3) is 0.133. The van der Waals surface area contributed by atoms with Gasteiger partial charge >= 0.3 is 5.97 Å². The lowest BCUT2D eigenvalue weighted by Gasteiger charge is -2.27. The minimum absolute atomic E-state index is 0.197. The van der Waals surface area contributed by atoms with Crippen LogP contribution in [0, 0.1) is 0 Å². The van der Waals surface area contributed by atoms with Crippen LogP contribution in [0.15, 0.2) is 24.3 Å². The molecule has 0 saturated heterocycles. The van der Waals surface area contributed by atoms with Crippen LogP contribution in [0.5, 0.6) is 0 Å². The second-order valence-corrected chi connectivity index (χ2v) is 5.14. The zero-order valence-corrected chi connectivity index (χ0v) is 11.5. The third-order valence-corrected chi connectivity index (χ3v) is 3.59. The summed E-state index contributed by atoms with van der Waals surface area (Å²) in [5, 5.41) is 9.88. The maximum Gasteiger partial charge on any atom is 0.305 e. The summed E-state index contributed by atoms with van der Waals surface area (Å²) in [7, 11) is 0. The first-order valence-corrected chi connectivity index (χ1v) is 6.59. The monoisotopic (exact) mass is 299 g/mol. The van der Waals surface area contributed by atoms with Gasteiger partial charge in [0.2, 0.25) is 0 Å². The van der Waals surface area contributed by atoms with Crippen molar-refractivity contribution < 1.29 is 19.5 Å². The number of rotatable bonds is 3. The molecule has 22 heavy (non-hydrogen) atoms. The number of hydrogen-bond donors (Lipinski definition) is 3. The first-order chi connectivity index (χ1) is 10.4. The van der Waals surface area contributed by atoms with E-state index >= 15 is 0 Å². The molecule has 2 amide bonds. The molecule has 0 radical (unpaired) electrons. The molecule has 7 heteroatoms. The first-order valence-electron chi connectivity index (χ1n) is 6.59. The summed E-state index contributed by atoms with van der Waals surface area (Å²) in [6.07, 6.45) is -0.319. The number of nitrogens with two attached hydrogens (primary N) is 2. The van der Waals surface area contributed by atoms with Crippen molar-refractivity contribution in [3.63, 3.8) is 0 Å². The van der Waals surface area contributed by atoms with Gasteiger partial charge in [-0.25, -0.2) is 0 Å². The molecule has 0 saturated carbocycles. The fourth-order valence-corrected chi connectivity index (χ4v) is 2.69. The molecular formula is C15H13N3O4. The highest BCUT2D eigenvalue weighted by Crippen LogP contribution is 2.33. The van der Waals surface area contributed by atoms with Crippen molar-refractivity contribution in [3.8, 4) is 0 Å². The quantitative estimate of drug-likeness (QED) is 0.575. The zero-order valence-electron chi connectivity index (χ0n) is 11.5. The third-order valence-electron chi connectivity index (χ3n) is 3.59. The van der Waals surface area contributed by atoms with Crippen molar-refractivity contribution >= 4 is 39.9 Å². The van der Waals surface area contributed by atoms with Gasteiger partial charge in [-0.1, -0.05) is 0 Å². The summed E-state index contributed by atoms with van der Waals surface area (Å²) in [4.78, 5) is 36.6. The van der Waals surface area contributed by atoms with Crippen LogP contribution in [-0.4, -0.2) is 34.3 Å². The van der Waals surface area contributed by atoms with Gasteiger partial charge in [-0.15, -0.1) is 0 Å². The maximum absolute atomic E-state index is 12.5. The Morgan fingerprint density at radius 2 is 1.50 bits per heavy atom. The van der Waals surface area contributed by atoms with Crippen molar-refractivity contribution in [3.05, 3.63) is 35.4 Å². The predicted octanol–water partition coefficient (Wildman–Crippen LogP) is 1.07. The Bertz CT molecular complexity index is 788. The number of imide groups is 1. The van der Waals surface area contributed by atoms with Crippen LogP contribution in [0.4, 0.5) is 11.4 Å². The second kappa shape index (κ2) is 4.73. The van der Waals surface area contributed by atoms with Gasteiger partial charge in [0, 0.05) is 23.3 Å². The van der Waals surface area contributed by atoms with E-state index in [1.165, 1.54) is 12.1 Å². The molecule has 1 aliphatic rings. The minimum atomic E-state index is -1.09. The number of carboxylic acid groups (broad SMARTS) is 1. The van der Waals surface area contributed by atoms with Gasteiger partial charge in [0.05, 0.1) is 17.5 Å². The molecule has 0 atom stereocenters. The molecule has 0 unspecified atom stereocenters. The highest BCUT2D eigenvalue weighted by Gasteiger charge is 2.33. The molecule has 0 bridgehead atoms. The number of nitrogen functional groups attached to an aromatic ring is 2. The summed E-state index contributed by atoms with van der Waals surface area (Å²) in [6, 6.07) is 6.27. The number of nitrogens with zero attached hydrogens (tertiary/aromatic N) is 1. The van der Waals surface area contributed by atoms with E-state index in [4.69, 9.17) is 16.6 Å². The summed E-state index contributed by atoms with van der Waals surface area (Å²) < 4.78 is 0. The summed E-state index contributed by atoms with van der Waals surface area (Å²) in [5.41, 5.74) is 12.9. The molecule has 2 aromatic rings. The van der Waals surface area contributed by atoms with Crippen molar-refractivity contribution in [2.24, 2.45) is 0 Å². The number of anilines is 2. The van der Waals surface area contributed by atoms with Crippen LogP contribution in [-0.2, 0) is 4.79 Å². The maximum atomic E-state index is 12.5. The van der Waals surface area contributed by atoms with Gasteiger partial charge in [0.1, 0.15) is 0 Å². The molecule has 1 aliphatic heterocycles. The average molecular weight is 299 g/mol. The minimum Gasteiger partial charge on any atom is -0.481 e. The van der Waals surface area contributed by atoms with Gasteiger partial charge in [0.15, 0.2) is 0 Å².